The van der Waals surface area contributed by atoms with Crippen molar-refractivity contribution in [2.24, 2.45) is 0 Å². The van der Waals surface area contributed by atoms with Crippen LogP contribution in [0, 0.1) is 6.92 Å². The van der Waals surface area contributed by atoms with Crippen LogP contribution in [0.3, 0.4) is 0 Å². The fourth-order valence-corrected chi connectivity index (χ4v) is 5.01. The monoisotopic (exact) mass is 442 g/mol. The number of rotatable bonds is 5. The van der Waals surface area contributed by atoms with Crippen LogP contribution in [0.1, 0.15) is 58.2 Å². The molecule has 2 aliphatic heterocycles. The van der Waals surface area contributed by atoms with Gasteiger partial charge in [0.15, 0.2) is 0 Å². The van der Waals surface area contributed by atoms with E-state index in [1.807, 2.05) is 6.92 Å². The second kappa shape index (κ2) is 8.54. The molecule has 0 saturated carbocycles. The molecule has 0 unspecified atom stereocenters. The molecule has 31 heavy (non-hydrogen) atoms. The van der Waals surface area contributed by atoms with E-state index in [4.69, 9.17) is 4.74 Å². The molecule has 1 saturated heterocycles. The predicted octanol–water partition coefficient (Wildman–Crippen LogP) is 5.00. The lowest BCUT2D eigenvalue weighted by molar-refractivity contribution is -0.149. The first-order chi connectivity index (χ1) is 14.4. The summed E-state index contributed by atoms with van der Waals surface area (Å²) in [6.07, 6.45) is 3.70. The minimum Gasteiger partial charge on any atom is -0.462 e. The van der Waals surface area contributed by atoms with Crippen LogP contribution >= 0.6 is 11.8 Å². The van der Waals surface area contributed by atoms with E-state index < -0.39 is 17.1 Å². The summed E-state index contributed by atoms with van der Waals surface area (Å²) in [6, 6.07) is 4.22. The number of carbonyl (C=O) groups excluding carboxylic acids is 3. The van der Waals surface area contributed by atoms with E-state index in [9.17, 15) is 14.4 Å². The molecule has 2 heterocycles. The molecule has 2 amide bonds. The van der Waals surface area contributed by atoms with Crippen molar-refractivity contribution in [2.75, 3.05) is 18.0 Å². The number of allylic oxidation sites excluding steroid dienone is 1. The summed E-state index contributed by atoms with van der Waals surface area (Å²) < 4.78 is 5.07. The molecule has 2 aliphatic rings. The maximum absolute atomic E-state index is 12.8. The van der Waals surface area contributed by atoms with Gasteiger partial charge in [-0.2, -0.15) is 0 Å². The van der Waals surface area contributed by atoms with Gasteiger partial charge in [0.1, 0.15) is 6.54 Å². The Morgan fingerprint density at radius 2 is 1.90 bits per heavy atom. The molecule has 0 spiro atoms. The first-order valence-corrected chi connectivity index (χ1v) is 11.3. The number of imide groups is 1. The Morgan fingerprint density at radius 3 is 2.52 bits per heavy atom. The molecule has 3 rings (SSSR count). The van der Waals surface area contributed by atoms with Crippen LogP contribution in [-0.4, -0.2) is 46.7 Å². The molecular weight excluding hydrogens is 412 g/mol. The van der Waals surface area contributed by atoms with Crippen LogP contribution in [0.25, 0.3) is 11.6 Å². The van der Waals surface area contributed by atoms with Crippen LogP contribution < -0.4 is 4.90 Å². The predicted molar refractivity (Wildman–Crippen MR) is 126 cm³/mol. The molecule has 1 aromatic carbocycles. The Labute approximate surface area is 188 Å². The average molecular weight is 443 g/mol. The largest absolute Gasteiger partial charge is 0.462 e. The van der Waals surface area contributed by atoms with Crippen molar-refractivity contribution in [1.29, 1.82) is 0 Å². The first kappa shape index (κ1) is 23.1. The molecule has 0 bridgehead atoms. The van der Waals surface area contributed by atoms with Gasteiger partial charge in [0.25, 0.3) is 11.1 Å². The molecule has 1 aromatic rings. The van der Waals surface area contributed by atoms with Gasteiger partial charge in [0.2, 0.25) is 0 Å². The van der Waals surface area contributed by atoms with Gasteiger partial charge in [0, 0.05) is 17.8 Å². The summed E-state index contributed by atoms with van der Waals surface area (Å²) in [5.74, 6) is -1.05. The zero-order valence-corrected chi connectivity index (χ0v) is 20.1. The molecule has 166 valence electrons. The maximum atomic E-state index is 12.8. The number of hydrogen-bond donors (Lipinski definition) is 0. The lowest BCUT2D eigenvalue weighted by Crippen LogP contribution is -2.44. The van der Waals surface area contributed by atoms with Crippen molar-refractivity contribution in [3.63, 3.8) is 0 Å². The zero-order chi connectivity index (χ0) is 23.1. The van der Waals surface area contributed by atoms with E-state index in [2.05, 4.69) is 50.8 Å². The van der Waals surface area contributed by atoms with Crippen molar-refractivity contribution >= 4 is 46.2 Å². The highest BCUT2D eigenvalue weighted by molar-refractivity contribution is 8.18. The van der Waals surface area contributed by atoms with E-state index >= 15 is 0 Å². The number of carbonyl (C=O) groups is 3. The SMILES string of the molecule is CCN1c2cc(C)c(/C=C3/SC(=O)N(CC(=O)OC(C)C)C3=O)cc2C(C)=CC1(C)C. The molecule has 0 atom stereocenters. The number of benzene rings is 1. The fourth-order valence-electron chi connectivity index (χ4n) is 4.18. The van der Waals surface area contributed by atoms with Gasteiger partial charge in [-0.1, -0.05) is 6.08 Å². The molecule has 6 nitrogen and oxygen atoms in total. The third-order valence-electron chi connectivity index (χ3n) is 5.50. The summed E-state index contributed by atoms with van der Waals surface area (Å²) in [5.41, 5.74) is 5.31. The van der Waals surface area contributed by atoms with Crippen LogP contribution in [0.5, 0.6) is 0 Å². The summed E-state index contributed by atoms with van der Waals surface area (Å²) in [5, 5.41) is -0.456. The number of thioether (sulfide) groups is 1. The van der Waals surface area contributed by atoms with Gasteiger partial charge in [-0.3, -0.25) is 19.3 Å². The topological polar surface area (TPSA) is 66.9 Å². The number of amides is 2. The average Bonchev–Trinajstić information content (AvgIpc) is 2.89. The van der Waals surface area contributed by atoms with Gasteiger partial charge in [-0.15, -0.1) is 0 Å². The molecule has 0 N–H and O–H groups in total. The summed E-state index contributed by atoms with van der Waals surface area (Å²) in [6.45, 7) is 14.6. The van der Waals surface area contributed by atoms with Crippen LogP contribution in [0.4, 0.5) is 10.5 Å². The van der Waals surface area contributed by atoms with E-state index in [0.29, 0.717) is 4.91 Å². The first-order valence-electron chi connectivity index (χ1n) is 10.5. The lowest BCUT2D eigenvalue weighted by Gasteiger charge is -2.43. The van der Waals surface area contributed by atoms with Gasteiger partial charge in [0.05, 0.1) is 16.5 Å². The van der Waals surface area contributed by atoms with Crippen molar-refractivity contribution in [3.8, 4) is 0 Å². The van der Waals surface area contributed by atoms with Crippen molar-refractivity contribution in [2.45, 2.75) is 60.1 Å². The summed E-state index contributed by atoms with van der Waals surface area (Å²) in [7, 11) is 0. The Morgan fingerprint density at radius 1 is 1.23 bits per heavy atom. The Kier molecular flexibility index (Phi) is 6.37. The van der Waals surface area contributed by atoms with Crippen molar-refractivity contribution < 1.29 is 19.1 Å². The number of anilines is 1. The zero-order valence-electron chi connectivity index (χ0n) is 19.2. The Hall–Kier alpha value is -2.54. The van der Waals surface area contributed by atoms with Crippen LogP contribution in [0.15, 0.2) is 23.1 Å². The molecule has 1 fully saturated rings. The summed E-state index contributed by atoms with van der Waals surface area (Å²) in [4.78, 5) is 40.7. The number of fused-ring (bicyclic) bond motifs is 1. The van der Waals surface area contributed by atoms with Crippen LogP contribution in [0.2, 0.25) is 0 Å². The van der Waals surface area contributed by atoms with Gasteiger partial charge < -0.3 is 9.64 Å². The second-order valence-electron chi connectivity index (χ2n) is 8.76. The highest BCUT2D eigenvalue weighted by atomic mass is 32.2. The standard InChI is InChI=1S/C24H30N2O4S/c1-8-26-19-9-15(4)17(10-18(19)16(5)12-24(26,6)7)11-20-22(28)25(23(29)31-20)13-21(27)30-14(2)3/h9-12,14H,8,13H2,1-7H3/b20-11+. The second-order valence-corrected chi connectivity index (χ2v) is 9.75. The minimum absolute atomic E-state index is 0.0763. The maximum Gasteiger partial charge on any atom is 0.326 e. The number of hydrogen-bond acceptors (Lipinski definition) is 6. The Bertz CT molecular complexity index is 1010. The number of esters is 1. The molecule has 0 aliphatic carbocycles. The molecule has 0 aromatic heterocycles. The van der Waals surface area contributed by atoms with E-state index in [-0.39, 0.29) is 18.2 Å². The fraction of sp³-hybridized carbons (Fsp3) is 0.458. The van der Waals surface area contributed by atoms with Gasteiger partial charge in [-0.25, -0.2) is 0 Å². The molecule has 7 heteroatoms. The van der Waals surface area contributed by atoms with E-state index in [1.54, 1.807) is 19.9 Å². The highest BCUT2D eigenvalue weighted by Gasteiger charge is 2.37. The third kappa shape index (κ3) is 4.56. The van der Waals surface area contributed by atoms with Gasteiger partial charge >= 0.3 is 5.97 Å². The van der Waals surface area contributed by atoms with Crippen molar-refractivity contribution in [1.82, 2.24) is 4.90 Å². The number of likely N-dealkylation sites (N-methyl/N-ethyl adjacent to an activating group) is 1. The van der Waals surface area contributed by atoms with Crippen molar-refractivity contribution in [3.05, 3.63) is 39.8 Å². The number of aryl methyl sites for hydroxylation is 1. The number of ether oxygens (including phenoxy) is 1. The normalized spacial score (nSPS) is 19.2. The lowest BCUT2D eigenvalue weighted by atomic mass is 9.87. The smallest absolute Gasteiger partial charge is 0.326 e. The van der Waals surface area contributed by atoms with Gasteiger partial charge in [-0.05, 0) is 95.1 Å². The molecule has 0 radical (unpaired) electrons. The van der Waals surface area contributed by atoms with Crippen LogP contribution in [-0.2, 0) is 14.3 Å². The number of nitrogens with zero attached hydrogens (tertiary/aromatic N) is 2. The summed E-state index contributed by atoms with van der Waals surface area (Å²) >= 11 is 0.855. The highest BCUT2D eigenvalue weighted by Crippen LogP contribution is 2.41. The van der Waals surface area contributed by atoms with E-state index in [0.717, 1.165) is 39.9 Å². The quantitative estimate of drug-likeness (QED) is 0.472. The molecular formula is C24H30N2O4S. The van der Waals surface area contributed by atoms with E-state index in [1.165, 1.54) is 11.3 Å². The minimum atomic E-state index is -0.591. The third-order valence-corrected chi connectivity index (χ3v) is 6.40. The Balaban J connectivity index is 1.93.